The molecule has 0 aliphatic heterocycles. The fourth-order valence-corrected chi connectivity index (χ4v) is 12.2. The Hall–Kier alpha value is -1.49. The van der Waals surface area contributed by atoms with Gasteiger partial charge < -0.3 is 10.4 Å². The van der Waals surface area contributed by atoms with Crippen molar-refractivity contribution < 1.29 is 14.7 Å². The van der Waals surface area contributed by atoms with Crippen LogP contribution in [0.1, 0.15) is 112 Å². The first-order chi connectivity index (χ1) is 20.1. The van der Waals surface area contributed by atoms with Crippen LogP contribution in [0.4, 0.5) is 0 Å². The number of aliphatic hydroxyl groups excluding tert-OH is 1. The largest absolute Gasteiger partial charge is 0.393 e. The van der Waals surface area contributed by atoms with Crippen LogP contribution in [-0.2, 0) is 16.1 Å². The molecule has 1 aromatic carbocycles. The zero-order valence-electron chi connectivity index (χ0n) is 27.6. The zero-order valence-corrected chi connectivity index (χ0v) is 28.4. The van der Waals surface area contributed by atoms with Crippen molar-refractivity contribution in [2.24, 2.45) is 50.7 Å². The van der Waals surface area contributed by atoms with Gasteiger partial charge in [0.15, 0.2) is 11.6 Å². The molecule has 2 unspecified atom stereocenters. The Morgan fingerprint density at radius 1 is 0.930 bits per heavy atom. The highest BCUT2D eigenvalue weighted by Gasteiger charge is 2.70. The van der Waals surface area contributed by atoms with Gasteiger partial charge in [-0.25, -0.2) is 0 Å². The minimum atomic E-state index is -0.658. The molecule has 43 heavy (non-hydrogen) atoms. The molecule has 0 amide bonds. The molecule has 1 aromatic rings. The van der Waals surface area contributed by atoms with Crippen LogP contribution in [-0.4, -0.2) is 29.3 Å². The molecule has 236 valence electrons. The van der Waals surface area contributed by atoms with Gasteiger partial charge in [0.25, 0.3) is 0 Å². The number of hydrogen-bond acceptors (Lipinski definition) is 4. The van der Waals surface area contributed by atoms with E-state index >= 15 is 0 Å². The van der Waals surface area contributed by atoms with Gasteiger partial charge in [-0.1, -0.05) is 72.2 Å². The fraction of sp³-hybridized carbons (Fsp3) is 0.737. The molecule has 5 aliphatic carbocycles. The quantitative estimate of drug-likeness (QED) is 0.341. The Balaban J connectivity index is 1.33. The summed E-state index contributed by atoms with van der Waals surface area (Å²) in [7, 11) is 0. The molecule has 4 nitrogen and oxygen atoms in total. The summed E-state index contributed by atoms with van der Waals surface area (Å²) in [6.07, 6.45) is 8.45. The van der Waals surface area contributed by atoms with Gasteiger partial charge >= 0.3 is 0 Å². The number of fused-ring (bicyclic) bond motifs is 7. The molecular weight excluding hydrogens is 554 g/mol. The SMILES string of the molecule is CC(C)C1=C2[C@H]3CC[C@H]4C(C)(CCC5C(C)(C)[C@@H](O)CC[C@@]54C)[C@]3(C)CC[C@@]2(C(=O)CNCc2ccc(Cl)cc2)CC1=O. The molecule has 5 heteroatoms. The number of rotatable bonds is 6. The Labute approximate surface area is 264 Å². The van der Waals surface area contributed by atoms with Crippen molar-refractivity contribution in [1.82, 2.24) is 5.32 Å². The lowest BCUT2D eigenvalue weighted by molar-refractivity contribution is -0.228. The standard InChI is InChI=1S/C38H54ClNO3/c1-23(2)32-27(41)20-38(31(43)22-40-21-24-8-10-25(39)11-9-24)19-18-36(6)26(33(32)38)12-13-29-35(5)16-15-30(42)34(3,4)28(35)14-17-37(29,36)7/h8-11,23,26,28-30,40,42H,12-22H2,1-7H3/t26-,28?,29-,30+,35+,36-,37?,38+/m1/s1. The van der Waals surface area contributed by atoms with Crippen molar-refractivity contribution in [2.75, 3.05) is 6.54 Å². The van der Waals surface area contributed by atoms with Crippen molar-refractivity contribution in [1.29, 1.82) is 0 Å². The average molecular weight is 608 g/mol. The number of benzene rings is 1. The second-order valence-corrected chi connectivity index (χ2v) is 17.2. The van der Waals surface area contributed by atoms with Crippen molar-refractivity contribution >= 4 is 23.2 Å². The second kappa shape index (κ2) is 10.5. The first-order valence-corrected chi connectivity index (χ1v) is 17.4. The van der Waals surface area contributed by atoms with Crippen LogP contribution in [0.15, 0.2) is 35.4 Å². The zero-order chi connectivity index (χ0) is 31.2. The fourth-order valence-electron chi connectivity index (χ4n) is 12.0. The predicted molar refractivity (Wildman–Crippen MR) is 174 cm³/mol. The topological polar surface area (TPSA) is 66.4 Å². The lowest BCUT2D eigenvalue weighted by Gasteiger charge is -2.72. The van der Waals surface area contributed by atoms with E-state index in [0.29, 0.717) is 29.8 Å². The minimum absolute atomic E-state index is 0.0463. The van der Waals surface area contributed by atoms with Crippen molar-refractivity contribution in [2.45, 2.75) is 119 Å². The maximum Gasteiger partial charge on any atom is 0.160 e. The van der Waals surface area contributed by atoms with E-state index in [-0.39, 0.29) is 57.7 Å². The summed E-state index contributed by atoms with van der Waals surface area (Å²) in [5.41, 5.74) is 2.99. The summed E-state index contributed by atoms with van der Waals surface area (Å²) in [4.78, 5) is 28.2. The van der Waals surface area contributed by atoms with Crippen molar-refractivity contribution in [3.8, 4) is 0 Å². The molecule has 0 heterocycles. The third-order valence-electron chi connectivity index (χ3n) is 14.5. The van der Waals surface area contributed by atoms with Crippen LogP contribution in [0.2, 0.25) is 5.02 Å². The van der Waals surface area contributed by atoms with Gasteiger partial charge in [0, 0.05) is 18.0 Å². The summed E-state index contributed by atoms with van der Waals surface area (Å²) in [6.45, 7) is 17.5. The average Bonchev–Trinajstić information content (AvgIpc) is 3.26. The summed E-state index contributed by atoms with van der Waals surface area (Å²) < 4.78 is 0. The third-order valence-corrected chi connectivity index (χ3v) is 14.7. The number of carbonyl (C=O) groups excluding carboxylic acids is 2. The normalized spacial score (nSPS) is 41.9. The van der Waals surface area contributed by atoms with Crippen LogP contribution in [0.25, 0.3) is 0 Å². The van der Waals surface area contributed by atoms with E-state index in [9.17, 15) is 14.7 Å². The maximum absolute atomic E-state index is 14.3. The highest BCUT2D eigenvalue weighted by molar-refractivity contribution is 6.30. The van der Waals surface area contributed by atoms with E-state index in [1.165, 1.54) is 12.0 Å². The molecule has 6 rings (SSSR count). The first kappa shape index (κ1) is 31.5. The van der Waals surface area contributed by atoms with Gasteiger partial charge in [-0.2, -0.15) is 0 Å². The second-order valence-electron chi connectivity index (χ2n) is 16.8. The molecule has 4 saturated carbocycles. The highest BCUT2D eigenvalue weighted by atomic mass is 35.5. The Bertz CT molecular complexity index is 1330. The molecular formula is C38H54ClNO3. The van der Waals surface area contributed by atoms with Gasteiger partial charge in [-0.3, -0.25) is 9.59 Å². The van der Waals surface area contributed by atoms with Crippen molar-refractivity contribution in [3.05, 3.63) is 46.0 Å². The monoisotopic (exact) mass is 607 g/mol. The molecule has 0 bridgehead atoms. The van der Waals surface area contributed by atoms with Crippen LogP contribution < -0.4 is 5.32 Å². The van der Waals surface area contributed by atoms with Crippen LogP contribution in [0.3, 0.4) is 0 Å². The Morgan fingerprint density at radius 3 is 2.30 bits per heavy atom. The summed E-state index contributed by atoms with van der Waals surface area (Å²) in [5.74, 6) is 1.93. The van der Waals surface area contributed by atoms with E-state index in [1.807, 2.05) is 24.3 Å². The molecule has 4 fully saturated rings. The van der Waals surface area contributed by atoms with E-state index < -0.39 is 5.41 Å². The number of nitrogens with one attached hydrogen (secondary N) is 1. The first-order valence-electron chi connectivity index (χ1n) is 17.1. The summed E-state index contributed by atoms with van der Waals surface area (Å²) in [5, 5.41) is 15.2. The van der Waals surface area contributed by atoms with Crippen LogP contribution in [0.5, 0.6) is 0 Å². The lowest BCUT2D eigenvalue weighted by Crippen LogP contribution is -2.66. The minimum Gasteiger partial charge on any atom is -0.393 e. The number of ketones is 2. The molecule has 2 N–H and O–H groups in total. The highest BCUT2D eigenvalue weighted by Crippen LogP contribution is 2.76. The van der Waals surface area contributed by atoms with Gasteiger partial charge in [-0.05, 0) is 126 Å². The third kappa shape index (κ3) is 4.43. The molecule has 8 atom stereocenters. The number of Topliss-reactive ketones (excluding diaryl/α,β-unsaturated/α-hetero) is 2. The number of aliphatic hydroxyl groups is 1. The number of allylic oxidation sites excluding steroid dienone is 2. The van der Waals surface area contributed by atoms with Crippen molar-refractivity contribution in [3.63, 3.8) is 0 Å². The smallest absolute Gasteiger partial charge is 0.160 e. The molecule has 0 radical (unpaired) electrons. The molecule has 0 spiro atoms. The van der Waals surface area contributed by atoms with Crippen LogP contribution in [0, 0.1) is 50.7 Å². The molecule has 0 aromatic heterocycles. The van der Waals surface area contributed by atoms with Crippen LogP contribution >= 0.6 is 11.6 Å². The summed E-state index contributed by atoms with van der Waals surface area (Å²) >= 11 is 6.07. The lowest BCUT2D eigenvalue weighted by atomic mass is 9.33. The Kier molecular flexibility index (Phi) is 7.71. The van der Waals surface area contributed by atoms with Gasteiger partial charge in [0.2, 0.25) is 0 Å². The number of hydrogen-bond donors (Lipinski definition) is 2. The predicted octanol–water partition coefficient (Wildman–Crippen LogP) is 8.34. The maximum atomic E-state index is 14.3. The van der Waals surface area contributed by atoms with E-state index in [0.717, 1.165) is 56.1 Å². The van der Waals surface area contributed by atoms with Gasteiger partial charge in [0.05, 0.1) is 18.1 Å². The van der Waals surface area contributed by atoms with E-state index in [2.05, 4.69) is 53.8 Å². The van der Waals surface area contributed by atoms with E-state index in [4.69, 9.17) is 11.6 Å². The summed E-state index contributed by atoms with van der Waals surface area (Å²) in [6, 6.07) is 7.75. The molecule has 0 saturated heterocycles. The number of carbonyl (C=O) groups is 2. The van der Waals surface area contributed by atoms with Gasteiger partial charge in [0.1, 0.15) is 0 Å². The van der Waals surface area contributed by atoms with Gasteiger partial charge in [-0.15, -0.1) is 0 Å². The molecule has 5 aliphatic rings. The number of halogens is 1. The Morgan fingerprint density at radius 2 is 1.63 bits per heavy atom. The van der Waals surface area contributed by atoms with E-state index in [1.54, 1.807) is 0 Å².